The maximum Gasteiger partial charge on any atom is 0.193 e. The van der Waals surface area contributed by atoms with E-state index in [0.29, 0.717) is 11.1 Å². The zero-order valence-corrected chi connectivity index (χ0v) is 12.9. The largest absolute Gasteiger partial charge is 0.289 e. The topological polar surface area (TPSA) is 42.9 Å². The van der Waals surface area contributed by atoms with E-state index < -0.39 is 0 Å². The molecule has 24 heavy (non-hydrogen) atoms. The van der Waals surface area contributed by atoms with E-state index in [1.165, 1.54) is 0 Å². The molecule has 0 saturated carbocycles. The number of hydrogen-bond donors (Lipinski definition) is 0. The Morgan fingerprint density at radius 1 is 0.708 bits per heavy atom. The molecule has 0 aliphatic rings. The van der Waals surface area contributed by atoms with Crippen molar-refractivity contribution in [2.45, 2.75) is 0 Å². The molecule has 114 valence electrons. The second-order valence-corrected chi connectivity index (χ2v) is 5.52. The highest BCUT2D eigenvalue weighted by atomic mass is 16.1. The summed E-state index contributed by atoms with van der Waals surface area (Å²) in [7, 11) is 0. The average molecular weight is 310 g/mol. The number of ketones is 1. The molecule has 3 heteroatoms. The van der Waals surface area contributed by atoms with Crippen LogP contribution in [0.15, 0.2) is 85.2 Å². The summed E-state index contributed by atoms with van der Waals surface area (Å²) >= 11 is 0. The molecule has 0 unspecified atom stereocenters. The Morgan fingerprint density at radius 2 is 1.42 bits per heavy atom. The monoisotopic (exact) mass is 310 g/mol. The highest BCUT2D eigenvalue weighted by Crippen LogP contribution is 2.26. The summed E-state index contributed by atoms with van der Waals surface area (Å²) < 4.78 is 0. The molecule has 4 rings (SSSR count). The second kappa shape index (κ2) is 6.05. The third kappa shape index (κ3) is 2.57. The number of rotatable bonds is 3. The normalized spacial score (nSPS) is 10.7. The SMILES string of the molecule is O=C(c1ccccc1)c1ccc2c(-c3ccccc3)ncnc2c1. The highest BCUT2D eigenvalue weighted by molar-refractivity contribution is 6.10. The van der Waals surface area contributed by atoms with Crippen LogP contribution in [-0.2, 0) is 0 Å². The van der Waals surface area contributed by atoms with Crippen molar-refractivity contribution in [1.29, 1.82) is 0 Å². The van der Waals surface area contributed by atoms with Gasteiger partial charge in [-0.05, 0) is 12.1 Å². The van der Waals surface area contributed by atoms with Gasteiger partial charge >= 0.3 is 0 Å². The van der Waals surface area contributed by atoms with Crippen molar-refractivity contribution in [3.63, 3.8) is 0 Å². The van der Waals surface area contributed by atoms with Crippen LogP contribution in [0.5, 0.6) is 0 Å². The summed E-state index contributed by atoms with van der Waals surface area (Å²) in [5, 5.41) is 0.938. The van der Waals surface area contributed by atoms with Crippen LogP contribution < -0.4 is 0 Å². The van der Waals surface area contributed by atoms with Gasteiger partial charge in [0.2, 0.25) is 0 Å². The van der Waals surface area contributed by atoms with Crippen LogP contribution in [0, 0.1) is 0 Å². The molecule has 3 aromatic carbocycles. The number of aromatic nitrogens is 2. The quantitative estimate of drug-likeness (QED) is 0.522. The lowest BCUT2D eigenvalue weighted by molar-refractivity contribution is 0.103. The number of nitrogens with zero attached hydrogens (tertiary/aromatic N) is 2. The number of carbonyl (C=O) groups excluding carboxylic acids is 1. The van der Waals surface area contributed by atoms with Gasteiger partial charge in [-0.15, -0.1) is 0 Å². The van der Waals surface area contributed by atoms with E-state index in [1.54, 1.807) is 6.33 Å². The molecule has 0 N–H and O–H groups in total. The van der Waals surface area contributed by atoms with E-state index in [-0.39, 0.29) is 5.78 Å². The molecular weight excluding hydrogens is 296 g/mol. The van der Waals surface area contributed by atoms with Gasteiger partial charge in [-0.3, -0.25) is 4.79 Å². The molecule has 0 radical (unpaired) electrons. The molecular formula is C21H14N2O. The standard InChI is InChI=1S/C21H14N2O/c24-21(16-9-5-2-6-10-16)17-11-12-18-19(13-17)22-14-23-20(18)15-7-3-1-4-8-15/h1-14H. The molecule has 3 nitrogen and oxygen atoms in total. The van der Waals surface area contributed by atoms with Crippen LogP contribution in [0.1, 0.15) is 15.9 Å². The summed E-state index contributed by atoms with van der Waals surface area (Å²) in [5.41, 5.74) is 3.98. The fraction of sp³-hybridized carbons (Fsp3) is 0. The van der Waals surface area contributed by atoms with Crippen molar-refractivity contribution in [1.82, 2.24) is 9.97 Å². The first-order valence-corrected chi connectivity index (χ1v) is 7.73. The zero-order valence-electron chi connectivity index (χ0n) is 12.9. The van der Waals surface area contributed by atoms with Crippen molar-refractivity contribution in [3.05, 3.63) is 96.3 Å². The van der Waals surface area contributed by atoms with Gasteiger partial charge in [0, 0.05) is 22.1 Å². The van der Waals surface area contributed by atoms with E-state index in [1.807, 2.05) is 78.9 Å². The van der Waals surface area contributed by atoms with Gasteiger partial charge in [0.25, 0.3) is 0 Å². The van der Waals surface area contributed by atoms with E-state index in [0.717, 1.165) is 22.2 Å². The van der Waals surface area contributed by atoms with Gasteiger partial charge < -0.3 is 0 Å². The van der Waals surface area contributed by atoms with Crippen molar-refractivity contribution in [2.75, 3.05) is 0 Å². The lowest BCUT2D eigenvalue weighted by atomic mass is 10.00. The fourth-order valence-electron chi connectivity index (χ4n) is 2.78. The number of carbonyl (C=O) groups is 1. The minimum Gasteiger partial charge on any atom is -0.289 e. The summed E-state index contributed by atoms with van der Waals surface area (Å²) in [6, 6.07) is 24.8. The minimum absolute atomic E-state index is 0.00243. The molecule has 0 aliphatic heterocycles. The van der Waals surface area contributed by atoms with Crippen molar-refractivity contribution >= 4 is 16.7 Å². The van der Waals surface area contributed by atoms with Crippen LogP contribution in [0.3, 0.4) is 0 Å². The smallest absolute Gasteiger partial charge is 0.193 e. The van der Waals surface area contributed by atoms with Crippen LogP contribution in [0.2, 0.25) is 0 Å². The Kier molecular flexibility index (Phi) is 3.60. The van der Waals surface area contributed by atoms with Crippen LogP contribution in [0.25, 0.3) is 22.2 Å². The average Bonchev–Trinajstić information content (AvgIpc) is 2.68. The molecule has 0 aliphatic carbocycles. The van der Waals surface area contributed by atoms with Crippen molar-refractivity contribution < 1.29 is 4.79 Å². The predicted molar refractivity (Wildman–Crippen MR) is 94.8 cm³/mol. The number of benzene rings is 3. The maximum atomic E-state index is 12.6. The van der Waals surface area contributed by atoms with Crippen LogP contribution in [0.4, 0.5) is 0 Å². The first-order chi connectivity index (χ1) is 11.8. The molecule has 1 aromatic heterocycles. The van der Waals surface area contributed by atoms with Gasteiger partial charge in [0.1, 0.15) is 6.33 Å². The Morgan fingerprint density at radius 3 is 2.17 bits per heavy atom. The predicted octanol–water partition coefficient (Wildman–Crippen LogP) is 4.53. The fourth-order valence-corrected chi connectivity index (χ4v) is 2.78. The molecule has 0 amide bonds. The van der Waals surface area contributed by atoms with Gasteiger partial charge in [-0.1, -0.05) is 66.7 Å². The van der Waals surface area contributed by atoms with E-state index in [2.05, 4.69) is 9.97 Å². The Hall–Kier alpha value is -3.33. The molecule has 0 atom stereocenters. The highest BCUT2D eigenvalue weighted by Gasteiger charge is 2.12. The van der Waals surface area contributed by atoms with E-state index >= 15 is 0 Å². The van der Waals surface area contributed by atoms with Crippen molar-refractivity contribution in [2.24, 2.45) is 0 Å². The molecule has 0 bridgehead atoms. The number of hydrogen-bond acceptors (Lipinski definition) is 3. The zero-order chi connectivity index (χ0) is 16.4. The minimum atomic E-state index is -0.00243. The lowest BCUT2D eigenvalue weighted by Crippen LogP contribution is -2.01. The Labute approximate surface area is 139 Å². The summed E-state index contributed by atoms with van der Waals surface area (Å²) in [6.07, 6.45) is 1.54. The summed E-state index contributed by atoms with van der Waals surface area (Å²) in [5.74, 6) is -0.00243. The van der Waals surface area contributed by atoms with Crippen LogP contribution in [-0.4, -0.2) is 15.8 Å². The van der Waals surface area contributed by atoms with Gasteiger partial charge in [-0.25, -0.2) is 9.97 Å². The van der Waals surface area contributed by atoms with Crippen molar-refractivity contribution in [3.8, 4) is 11.3 Å². The first-order valence-electron chi connectivity index (χ1n) is 7.73. The lowest BCUT2D eigenvalue weighted by Gasteiger charge is -2.07. The van der Waals surface area contributed by atoms with E-state index in [4.69, 9.17) is 0 Å². The van der Waals surface area contributed by atoms with Gasteiger partial charge in [0.05, 0.1) is 11.2 Å². The molecule has 0 saturated heterocycles. The molecule has 4 aromatic rings. The Balaban J connectivity index is 1.82. The first kappa shape index (κ1) is 14.3. The van der Waals surface area contributed by atoms with Crippen LogP contribution >= 0.6 is 0 Å². The summed E-state index contributed by atoms with van der Waals surface area (Å²) in [4.78, 5) is 21.4. The van der Waals surface area contributed by atoms with Gasteiger partial charge in [0.15, 0.2) is 5.78 Å². The Bertz CT molecular complexity index is 1010. The third-order valence-corrected chi connectivity index (χ3v) is 3.98. The maximum absolute atomic E-state index is 12.6. The van der Waals surface area contributed by atoms with Gasteiger partial charge in [-0.2, -0.15) is 0 Å². The molecule has 1 heterocycles. The second-order valence-electron chi connectivity index (χ2n) is 5.52. The third-order valence-electron chi connectivity index (χ3n) is 3.98. The van der Waals surface area contributed by atoms with E-state index in [9.17, 15) is 4.79 Å². The number of fused-ring (bicyclic) bond motifs is 1. The molecule has 0 fully saturated rings. The molecule has 0 spiro atoms. The summed E-state index contributed by atoms with van der Waals surface area (Å²) in [6.45, 7) is 0.